The predicted octanol–water partition coefficient (Wildman–Crippen LogP) is 1.60. The quantitative estimate of drug-likeness (QED) is 0.750. The highest BCUT2D eigenvalue weighted by molar-refractivity contribution is 5.91. The smallest absolute Gasteiger partial charge is 0.229 e. The molecule has 2 rings (SSSR count). The van der Waals surface area contributed by atoms with Gasteiger partial charge >= 0.3 is 0 Å². The molecule has 0 fully saturated rings. The van der Waals surface area contributed by atoms with E-state index in [0.717, 1.165) is 11.3 Å². The summed E-state index contributed by atoms with van der Waals surface area (Å²) in [6.07, 6.45) is 0.256. The van der Waals surface area contributed by atoms with Crippen molar-refractivity contribution in [3.8, 4) is 5.75 Å². The highest BCUT2D eigenvalue weighted by Gasteiger charge is 2.05. The van der Waals surface area contributed by atoms with Crippen molar-refractivity contribution in [2.24, 2.45) is 0 Å². The Morgan fingerprint density at radius 3 is 2.71 bits per heavy atom. The molecule has 0 radical (unpaired) electrons. The van der Waals surface area contributed by atoms with Gasteiger partial charge < -0.3 is 10.4 Å². The number of hydrogen-bond donors (Lipinski definition) is 3. The van der Waals surface area contributed by atoms with Gasteiger partial charge in [-0.1, -0.05) is 12.1 Å². The number of anilines is 1. The van der Waals surface area contributed by atoms with Gasteiger partial charge in [-0.15, -0.1) is 0 Å². The lowest BCUT2D eigenvalue weighted by molar-refractivity contribution is -0.115. The lowest BCUT2D eigenvalue weighted by atomic mass is 10.1. The molecule has 1 heterocycles. The van der Waals surface area contributed by atoms with Crippen LogP contribution in [0.1, 0.15) is 11.3 Å². The summed E-state index contributed by atoms with van der Waals surface area (Å²) in [5, 5.41) is 18.5. The topological polar surface area (TPSA) is 78.0 Å². The number of aromatic nitrogens is 2. The summed E-state index contributed by atoms with van der Waals surface area (Å²) in [4.78, 5) is 11.6. The van der Waals surface area contributed by atoms with Gasteiger partial charge in [0, 0.05) is 11.8 Å². The van der Waals surface area contributed by atoms with Gasteiger partial charge in [0.25, 0.3) is 0 Å². The molecule has 17 heavy (non-hydrogen) atoms. The first-order chi connectivity index (χ1) is 8.13. The Balaban J connectivity index is 1.95. The van der Waals surface area contributed by atoms with Gasteiger partial charge in [-0.25, -0.2) is 0 Å². The highest BCUT2D eigenvalue weighted by Crippen LogP contribution is 2.11. The van der Waals surface area contributed by atoms with Crippen molar-refractivity contribution in [1.29, 1.82) is 0 Å². The maximum atomic E-state index is 11.6. The molecule has 0 aliphatic carbocycles. The van der Waals surface area contributed by atoms with Crippen molar-refractivity contribution >= 4 is 11.7 Å². The molecule has 3 N–H and O–H groups in total. The van der Waals surface area contributed by atoms with Crippen LogP contribution in [0, 0.1) is 6.92 Å². The van der Waals surface area contributed by atoms with Crippen LogP contribution in [0.5, 0.6) is 5.75 Å². The number of benzene rings is 1. The van der Waals surface area contributed by atoms with Gasteiger partial charge in [-0.05, 0) is 24.6 Å². The molecule has 0 saturated heterocycles. The SMILES string of the molecule is Cc1cc(NC(=O)Cc2ccc(O)cc2)n[nH]1. The van der Waals surface area contributed by atoms with Crippen LogP contribution in [0.2, 0.25) is 0 Å². The molecule has 0 aliphatic rings. The van der Waals surface area contributed by atoms with Crippen molar-refractivity contribution < 1.29 is 9.90 Å². The fourth-order valence-corrected chi connectivity index (χ4v) is 1.47. The number of carbonyl (C=O) groups excluding carboxylic acids is 1. The number of aromatic hydroxyl groups is 1. The Morgan fingerprint density at radius 2 is 2.12 bits per heavy atom. The van der Waals surface area contributed by atoms with Crippen molar-refractivity contribution in [1.82, 2.24) is 10.2 Å². The predicted molar refractivity (Wildman–Crippen MR) is 63.8 cm³/mol. The van der Waals surface area contributed by atoms with Crippen molar-refractivity contribution in [3.63, 3.8) is 0 Å². The molecule has 5 nitrogen and oxygen atoms in total. The summed E-state index contributed by atoms with van der Waals surface area (Å²) >= 11 is 0. The van der Waals surface area contributed by atoms with E-state index in [1.54, 1.807) is 30.3 Å². The number of amides is 1. The second-order valence-corrected chi connectivity index (χ2v) is 3.83. The van der Waals surface area contributed by atoms with E-state index < -0.39 is 0 Å². The molecule has 1 aromatic carbocycles. The first-order valence-electron chi connectivity index (χ1n) is 5.23. The number of aryl methyl sites for hydroxylation is 1. The van der Waals surface area contributed by atoms with Crippen LogP contribution in [-0.4, -0.2) is 21.2 Å². The van der Waals surface area contributed by atoms with Gasteiger partial charge in [-0.3, -0.25) is 9.89 Å². The number of phenols is 1. The molecular weight excluding hydrogens is 218 g/mol. The van der Waals surface area contributed by atoms with Crippen LogP contribution in [0.15, 0.2) is 30.3 Å². The van der Waals surface area contributed by atoms with E-state index >= 15 is 0 Å². The van der Waals surface area contributed by atoms with Gasteiger partial charge in [0.05, 0.1) is 6.42 Å². The number of hydrogen-bond acceptors (Lipinski definition) is 3. The van der Waals surface area contributed by atoms with E-state index in [-0.39, 0.29) is 18.1 Å². The zero-order valence-corrected chi connectivity index (χ0v) is 9.40. The first kappa shape index (κ1) is 11.2. The lowest BCUT2D eigenvalue weighted by Gasteiger charge is -2.02. The average molecular weight is 231 g/mol. The Hall–Kier alpha value is -2.30. The van der Waals surface area contributed by atoms with Crippen molar-refractivity contribution in [2.45, 2.75) is 13.3 Å². The highest BCUT2D eigenvalue weighted by atomic mass is 16.3. The standard InChI is InChI=1S/C12H13N3O2/c1-8-6-11(15-14-8)13-12(17)7-9-2-4-10(16)5-3-9/h2-6,16H,7H2,1H3,(H2,13,14,15,17). The average Bonchev–Trinajstić information content (AvgIpc) is 2.67. The zero-order valence-electron chi connectivity index (χ0n) is 9.40. The van der Waals surface area contributed by atoms with E-state index in [4.69, 9.17) is 5.11 Å². The van der Waals surface area contributed by atoms with Gasteiger partial charge in [0.2, 0.25) is 5.91 Å². The number of nitrogens with zero attached hydrogens (tertiary/aromatic N) is 1. The van der Waals surface area contributed by atoms with Crippen molar-refractivity contribution in [2.75, 3.05) is 5.32 Å². The fraction of sp³-hybridized carbons (Fsp3) is 0.167. The first-order valence-corrected chi connectivity index (χ1v) is 5.23. The summed E-state index contributed by atoms with van der Waals surface area (Å²) in [5.41, 5.74) is 1.73. The number of nitrogens with one attached hydrogen (secondary N) is 2. The van der Waals surface area contributed by atoms with Gasteiger partial charge in [-0.2, -0.15) is 5.10 Å². The Labute approximate surface area is 98.5 Å². The minimum Gasteiger partial charge on any atom is -0.508 e. The van der Waals surface area contributed by atoms with Crippen LogP contribution in [0.4, 0.5) is 5.82 Å². The minimum absolute atomic E-state index is 0.137. The second-order valence-electron chi connectivity index (χ2n) is 3.83. The summed E-state index contributed by atoms with van der Waals surface area (Å²) in [5.74, 6) is 0.575. The third-order valence-electron chi connectivity index (χ3n) is 2.27. The molecule has 1 amide bonds. The van der Waals surface area contributed by atoms with Crippen LogP contribution < -0.4 is 5.32 Å². The molecule has 0 aliphatic heterocycles. The molecule has 0 bridgehead atoms. The number of H-pyrrole nitrogens is 1. The van der Waals surface area contributed by atoms with Gasteiger partial charge in [0.15, 0.2) is 5.82 Å². The number of carbonyl (C=O) groups is 1. The maximum Gasteiger partial charge on any atom is 0.229 e. The number of phenolic OH excluding ortho intramolecular Hbond substituents is 1. The van der Waals surface area contributed by atoms with Gasteiger partial charge in [0.1, 0.15) is 5.75 Å². The second kappa shape index (κ2) is 4.69. The Morgan fingerprint density at radius 1 is 1.41 bits per heavy atom. The summed E-state index contributed by atoms with van der Waals surface area (Å²) in [7, 11) is 0. The van der Waals surface area contributed by atoms with Crippen LogP contribution >= 0.6 is 0 Å². The largest absolute Gasteiger partial charge is 0.508 e. The lowest BCUT2D eigenvalue weighted by Crippen LogP contribution is -2.14. The van der Waals surface area contributed by atoms with E-state index in [9.17, 15) is 4.79 Å². The monoisotopic (exact) mass is 231 g/mol. The molecular formula is C12H13N3O2. The summed E-state index contributed by atoms with van der Waals surface area (Å²) in [6, 6.07) is 8.30. The van der Waals surface area contributed by atoms with Crippen LogP contribution in [0.3, 0.4) is 0 Å². The third-order valence-corrected chi connectivity index (χ3v) is 2.27. The zero-order chi connectivity index (χ0) is 12.3. The van der Waals surface area contributed by atoms with Crippen LogP contribution in [0.25, 0.3) is 0 Å². The molecule has 5 heteroatoms. The molecule has 0 saturated carbocycles. The van der Waals surface area contributed by atoms with E-state index in [1.165, 1.54) is 0 Å². The van der Waals surface area contributed by atoms with E-state index in [1.807, 2.05) is 6.92 Å². The minimum atomic E-state index is -0.137. The van der Waals surface area contributed by atoms with Crippen LogP contribution in [-0.2, 0) is 11.2 Å². The molecule has 0 atom stereocenters. The number of aromatic amines is 1. The van der Waals surface area contributed by atoms with Crippen molar-refractivity contribution in [3.05, 3.63) is 41.6 Å². The Bertz CT molecular complexity index is 517. The van der Waals surface area contributed by atoms with E-state index in [2.05, 4.69) is 15.5 Å². The molecule has 88 valence electrons. The molecule has 1 aromatic heterocycles. The number of rotatable bonds is 3. The fourth-order valence-electron chi connectivity index (χ4n) is 1.47. The normalized spacial score (nSPS) is 10.2. The molecule has 0 unspecified atom stereocenters. The summed E-state index contributed by atoms with van der Waals surface area (Å²) < 4.78 is 0. The Kier molecular flexibility index (Phi) is 3.09. The maximum absolute atomic E-state index is 11.6. The molecule has 0 spiro atoms. The molecule has 2 aromatic rings. The van der Waals surface area contributed by atoms with E-state index in [0.29, 0.717) is 5.82 Å². The summed E-state index contributed by atoms with van der Waals surface area (Å²) in [6.45, 7) is 1.86. The third kappa shape index (κ3) is 3.07.